The minimum Gasteiger partial charge on any atom is -0.503 e. The number of anilines is 1. The number of carbonyl (C=O) groups excluding carboxylic acids is 2. The second-order valence-corrected chi connectivity index (χ2v) is 11.7. The van der Waals surface area contributed by atoms with Crippen LogP contribution in [0, 0.1) is 6.92 Å². The number of hydrogen-bond donors (Lipinski definition) is 1. The number of allylic oxidation sites excluding steroid dienone is 1. The van der Waals surface area contributed by atoms with Gasteiger partial charge in [-0.3, -0.25) is 14.5 Å². The number of benzene rings is 3. The summed E-state index contributed by atoms with van der Waals surface area (Å²) >= 11 is 15.1. The molecule has 1 aromatic heterocycles. The maximum atomic E-state index is 13.4. The van der Waals surface area contributed by atoms with Gasteiger partial charge in [0.1, 0.15) is 0 Å². The number of carbonyl (C=O) groups is 2. The lowest BCUT2D eigenvalue weighted by molar-refractivity contribution is -0.117. The highest BCUT2D eigenvalue weighted by molar-refractivity contribution is 8.00. The van der Waals surface area contributed by atoms with Gasteiger partial charge in [0, 0.05) is 5.75 Å². The number of ketones is 1. The molecule has 6 nitrogen and oxygen atoms in total. The van der Waals surface area contributed by atoms with Crippen molar-refractivity contribution in [1.82, 2.24) is 10.2 Å². The predicted octanol–water partition coefficient (Wildman–Crippen LogP) is 7.63. The van der Waals surface area contributed by atoms with Crippen molar-refractivity contribution in [2.75, 3.05) is 4.90 Å². The second kappa shape index (κ2) is 11.8. The molecule has 0 aliphatic carbocycles. The molecule has 0 fully saturated rings. The molecule has 0 bridgehead atoms. The van der Waals surface area contributed by atoms with Crippen LogP contribution in [0.3, 0.4) is 0 Å². The van der Waals surface area contributed by atoms with Crippen LogP contribution in [-0.4, -0.2) is 27.0 Å². The Labute approximate surface area is 243 Å². The zero-order chi connectivity index (χ0) is 27.5. The van der Waals surface area contributed by atoms with Crippen LogP contribution in [0.4, 0.5) is 5.13 Å². The van der Waals surface area contributed by atoms with Crippen LogP contribution in [0.2, 0.25) is 10.0 Å². The largest absolute Gasteiger partial charge is 0.503 e. The van der Waals surface area contributed by atoms with Crippen LogP contribution >= 0.6 is 46.3 Å². The highest BCUT2D eigenvalue weighted by atomic mass is 35.5. The highest BCUT2D eigenvalue weighted by Gasteiger charge is 2.45. The van der Waals surface area contributed by atoms with Gasteiger partial charge in [0.05, 0.1) is 21.7 Å². The molecule has 3 aromatic carbocycles. The van der Waals surface area contributed by atoms with E-state index in [4.69, 9.17) is 23.2 Å². The van der Waals surface area contributed by atoms with Gasteiger partial charge in [-0.15, -0.1) is 10.2 Å². The SMILES string of the molecule is Cc1ccc(CSc2nnc(N3C(=O)C(O)=C(C(=O)C=Cc4ccccc4)C3c3ccc(Cl)c(Cl)c3)s2)cc1. The Balaban J connectivity index is 1.47. The molecule has 5 rings (SSSR count). The van der Waals surface area contributed by atoms with Crippen molar-refractivity contribution in [2.45, 2.75) is 23.1 Å². The summed E-state index contributed by atoms with van der Waals surface area (Å²) in [6.45, 7) is 2.03. The van der Waals surface area contributed by atoms with Crippen molar-refractivity contribution in [3.8, 4) is 0 Å². The summed E-state index contributed by atoms with van der Waals surface area (Å²) in [4.78, 5) is 28.0. The molecule has 4 aromatic rings. The number of rotatable bonds is 8. The van der Waals surface area contributed by atoms with Crippen molar-refractivity contribution in [3.63, 3.8) is 0 Å². The zero-order valence-electron chi connectivity index (χ0n) is 20.5. The molecule has 2 heterocycles. The lowest BCUT2D eigenvalue weighted by atomic mass is 9.96. The summed E-state index contributed by atoms with van der Waals surface area (Å²) in [5.74, 6) is -1.22. The molecule has 0 saturated heterocycles. The molecule has 1 amide bonds. The fourth-order valence-corrected chi connectivity index (χ4v) is 6.20. The average Bonchev–Trinajstić information content (AvgIpc) is 3.51. The van der Waals surface area contributed by atoms with E-state index in [0.717, 1.165) is 11.1 Å². The number of aliphatic hydroxyl groups is 1. The third-order valence-electron chi connectivity index (χ3n) is 6.04. The maximum absolute atomic E-state index is 13.4. The average molecular weight is 595 g/mol. The molecule has 10 heteroatoms. The number of halogens is 2. The molecule has 196 valence electrons. The first kappa shape index (κ1) is 27.1. The minimum absolute atomic E-state index is 0.0744. The van der Waals surface area contributed by atoms with Crippen molar-refractivity contribution in [1.29, 1.82) is 0 Å². The van der Waals surface area contributed by atoms with Gasteiger partial charge < -0.3 is 5.11 Å². The number of amides is 1. The number of aromatic nitrogens is 2. The van der Waals surface area contributed by atoms with E-state index < -0.39 is 23.5 Å². The Morgan fingerprint density at radius 2 is 1.79 bits per heavy atom. The molecular formula is C29H21Cl2N3O3S2. The van der Waals surface area contributed by atoms with Crippen LogP contribution in [0.1, 0.15) is 28.3 Å². The fraction of sp³-hybridized carbons (Fsp3) is 0.103. The number of nitrogens with zero attached hydrogens (tertiary/aromatic N) is 3. The summed E-state index contributed by atoms with van der Waals surface area (Å²) < 4.78 is 0.648. The third-order valence-corrected chi connectivity index (χ3v) is 8.91. The van der Waals surface area contributed by atoms with Gasteiger partial charge in [0.15, 0.2) is 15.9 Å². The smallest absolute Gasteiger partial charge is 0.296 e. The van der Waals surface area contributed by atoms with Gasteiger partial charge in [-0.05, 0) is 41.8 Å². The summed E-state index contributed by atoms with van der Waals surface area (Å²) in [5.41, 5.74) is 3.54. The molecule has 1 aliphatic heterocycles. The summed E-state index contributed by atoms with van der Waals surface area (Å²) in [7, 11) is 0. The van der Waals surface area contributed by atoms with Gasteiger partial charge in [0.25, 0.3) is 5.91 Å². The monoisotopic (exact) mass is 593 g/mol. The third kappa shape index (κ3) is 5.94. The first-order chi connectivity index (χ1) is 18.8. The highest BCUT2D eigenvalue weighted by Crippen LogP contribution is 2.44. The summed E-state index contributed by atoms with van der Waals surface area (Å²) in [6, 6.07) is 21.3. The first-order valence-electron chi connectivity index (χ1n) is 11.8. The normalized spacial score (nSPS) is 15.5. The van der Waals surface area contributed by atoms with Crippen molar-refractivity contribution >= 4 is 69.2 Å². The van der Waals surface area contributed by atoms with E-state index in [9.17, 15) is 14.7 Å². The van der Waals surface area contributed by atoms with Gasteiger partial charge in [-0.25, -0.2) is 0 Å². The topological polar surface area (TPSA) is 83.4 Å². The van der Waals surface area contributed by atoms with Crippen LogP contribution in [0.15, 0.2) is 94.5 Å². The van der Waals surface area contributed by atoms with E-state index in [0.29, 0.717) is 20.7 Å². The van der Waals surface area contributed by atoms with E-state index >= 15 is 0 Å². The minimum atomic E-state index is -0.969. The van der Waals surface area contributed by atoms with E-state index in [1.165, 1.54) is 39.6 Å². The molecule has 0 radical (unpaired) electrons. The van der Waals surface area contributed by atoms with Crippen molar-refractivity contribution < 1.29 is 14.7 Å². The number of aliphatic hydroxyl groups excluding tert-OH is 1. The Bertz CT molecular complexity index is 1600. The molecular weight excluding hydrogens is 573 g/mol. The molecule has 1 N–H and O–H groups in total. The number of thioether (sulfide) groups is 1. The Morgan fingerprint density at radius 3 is 2.51 bits per heavy atom. The quantitative estimate of drug-likeness (QED) is 0.128. The van der Waals surface area contributed by atoms with Crippen LogP contribution in [0.25, 0.3) is 6.08 Å². The standard InChI is InChI=1S/C29H21Cl2N3O3S2/c1-17-7-9-19(10-8-17)16-38-29-33-32-28(39-29)34-25(20-12-13-21(30)22(31)15-20)24(26(36)27(34)37)23(35)14-11-18-5-3-2-4-6-18/h2-15,25,36H,16H2,1H3. The second-order valence-electron chi connectivity index (χ2n) is 8.75. The fourth-order valence-electron chi connectivity index (χ4n) is 4.07. The Hall–Kier alpha value is -3.43. The molecule has 1 atom stereocenters. The maximum Gasteiger partial charge on any atom is 0.296 e. The molecule has 1 unspecified atom stereocenters. The van der Waals surface area contributed by atoms with Crippen molar-refractivity contribution in [3.05, 3.63) is 123 Å². The van der Waals surface area contributed by atoms with Gasteiger partial charge in [-0.1, -0.05) is 119 Å². The lowest BCUT2D eigenvalue weighted by Crippen LogP contribution is -2.30. The van der Waals surface area contributed by atoms with Crippen LogP contribution < -0.4 is 4.90 Å². The first-order valence-corrected chi connectivity index (χ1v) is 14.4. The number of aryl methyl sites for hydroxylation is 1. The van der Waals surface area contributed by atoms with E-state index in [2.05, 4.69) is 22.3 Å². The van der Waals surface area contributed by atoms with E-state index in [1.807, 2.05) is 49.4 Å². The molecule has 0 spiro atoms. The van der Waals surface area contributed by atoms with Gasteiger partial charge in [0.2, 0.25) is 5.13 Å². The van der Waals surface area contributed by atoms with E-state index in [1.54, 1.807) is 24.3 Å². The Morgan fingerprint density at radius 1 is 1.05 bits per heavy atom. The molecule has 1 aliphatic rings. The van der Waals surface area contributed by atoms with Crippen LogP contribution in [0.5, 0.6) is 0 Å². The lowest BCUT2D eigenvalue weighted by Gasteiger charge is -2.24. The predicted molar refractivity (Wildman–Crippen MR) is 157 cm³/mol. The molecule has 39 heavy (non-hydrogen) atoms. The van der Waals surface area contributed by atoms with Crippen molar-refractivity contribution in [2.24, 2.45) is 0 Å². The van der Waals surface area contributed by atoms with Gasteiger partial charge in [-0.2, -0.15) is 0 Å². The molecule has 0 saturated carbocycles. The van der Waals surface area contributed by atoms with Crippen LogP contribution in [-0.2, 0) is 15.3 Å². The summed E-state index contributed by atoms with van der Waals surface area (Å²) in [5, 5.41) is 20.2. The van der Waals surface area contributed by atoms with Gasteiger partial charge >= 0.3 is 0 Å². The summed E-state index contributed by atoms with van der Waals surface area (Å²) in [6.07, 6.45) is 2.97. The number of hydrogen-bond acceptors (Lipinski definition) is 7. The van der Waals surface area contributed by atoms with E-state index in [-0.39, 0.29) is 15.7 Å². The zero-order valence-corrected chi connectivity index (χ0v) is 23.7. The Kier molecular flexibility index (Phi) is 8.18.